The van der Waals surface area contributed by atoms with Crippen LogP contribution in [0, 0.1) is 0 Å². The summed E-state index contributed by atoms with van der Waals surface area (Å²) in [7, 11) is 0. The lowest BCUT2D eigenvalue weighted by Gasteiger charge is -2.23. The minimum absolute atomic E-state index is 0.208. The van der Waals surface area contributed by atoms with Crippen LogP contribution in [0.3, 0.4) is 0 Å². The first-order valence-corrected chi connectivity index (χ1v) is 8.35. The maximum Gasteiger partial charge on any atom is 0.330 e. The van der Waals surface area contributed by atoms with Crippen molar-refractivity contribution in [2.24, 2.45) is 0 Å². The monoisotopic (exact) mass is 347 g/mol. The summed E-state index contributed by atoms with van der Waals surface area (Å²) in [4.78, 5) is 26.1. The second-order valence-corrected chi connectivity index (χ2v) is 6.81. The van der Waals surface area contributed by atoms with Crippen molar-refractivity contribution in [1.82, 2.24) is 4.90 Å². The van der Waals surface area contributed by atoms with Crippen molar-refractivity contribution >= 4 is 46.8 Å². The number of rotatable bonds is 3. The molecule has 4 nitrogen and oxygen atoms in total. The zero-order valence-electron chi connectivity index (χ0n) is 11.6. The Hall–Kier alpha value is -0.910. The van der Waals surface area contributed by atoms with Gasteiger partial charge in [0, 0.05) is 21.4 Å². The molecule has 0 aromatic heterocycles. The van der Waals surface area contributed by atoms with Crippen LogP contribution in [0.15, 0.2) is 18.2 Å². The summed E-state index contributed by atoms with van der Waals surface area (Å²) in [6, 6.07) is 4.08. The van der Waals surface area contributed by atoms with Gasteiger partial charge in [0.15, 0.2) is 0 Å². The van der Waals surface area contributed by atoms with E-state index in [9.17, 15) is 9.59 Å². The van der Waals surface area contributed by atoms with E-state index < -0.39 is 6.04 Å². The van der Waals surface area contributed by atoms with Gasteiger partial charge in [0.25, 0.3) is 5.91 Å². The highest BCUT2D eigenvalue weighted by Gasteiger charge is 2.36. The second-order valence-electron chi connectivity index (χ2n) is 4.93. The van der Waals surface area contributed by atoms with Crippen molar-refractivity contribution in [1.29, 1.82) is 0 Å². The predicted molar refractivity (Wildman–Crippen MR) is 85.0 cm³/mol. The van der Waals surface area contributed by atoms with Gasteiger partial charge in [-0.1, -0.05) is 23.2 Å². The molecule has 1 aliphatic rings. The van der Waals surface area contributed by atoms with E-state index in [1.807, 2.05) is 0 Å². The number of hydrogen-bond donors (Lipinski definition) is 0. The summed E-state index contributed by atoms with van der Waals surface area (Å²) in [5, 5.41) is 0.776. The number of carbonyl (C=O) groups excluding carboxylic acids is 2. The lowest BCUT2D eigenvalue weighted by Crippen LogP contribution is -2.43. The number of halogens is 2. The standard InChI is InChI=1S/C14H15Cl2NO3S/c1-8(2)20-14(19)12-6-21-7-17(12)13(18)9-3-10(15)5-11(16)4-9/h3-5,8,12H,6-7H2,1-2H3. The predicted octanol–water partition coefficient (Wildman–Crippen LogP) is 3.46. The third-order valence-corrected chi connectivity index (χ3v) is 4.33. The van der Waals surface area contributed by atoms with Crippen LogP contribution in [0.2, 0.25) is 10.0 Å². The van der Waals surface area contributed by atoms with Crippen LogP contribution in [0.4, 0.5) is 0 Å². The number of thioether (sulfide) groups is 1. The second kappa shape index (κ2) is 6.90. The van der Waals surface area contributed by atoms with Gasteiger partial charge >= 0.3 is 5.97 Å². The highest BCUT2D eigenvalue weighted by Crippen LogP contribution is 2.26. The average molecular weight is 348 g/mol. The Morgan fingerprint density at radius 3 is 2.48 bits per heavy atom. The van der Waals surface area contributed by atoms with Crippen molar-refractivity contribution in [3.05, 3.63) is 33.8 Å². The van der Waals surface area contributed by atoms with Crippen molar-refractivity contribution in [3.8, 4) is 0 Å². The first kappa shape index (κ1) is 16.5. The van der Waals surface area contributed by atoms with E-state index in [1.165, 1.54) is 16.7 Å². The summed E-state index contributed by atoms with van der Waals surface area (Å²) in [5.41, 5.74) is 0.373. The Labute approximate surface area is 137 Å². The minimum Gasteiger partial charge on any atom is -0.461 e. The molecule has 0 N–H and O–H groups in total. The van der Waals surface area contributed by atoms with Gasteiger partial charge in [-0.25, -0.2) is 4.79 Å². The van der Waals surface area contributed by atoms with E-state index in [0.717, 1.165) is 0 Å². The normalized spacial score (nSPS) is 18.1. The molecule has 1 amide bonds. The molecule has 1 unspecified atom stereocenters. The van der Waals surface area contributed by atoms with E-state index in [-0.39, 0.29) is 18.0 Å². The molecule has 1 fully saturated rings. The molecule has 0 bridgehead atoms. The van der Waals surface area contributed by atoms with Gasteiger partial charge < -0.3 is 9.64 Å². The SMILES string of the molecule is CC(C)OC(=O)C1CSCN1C(=O)c1cc(Cl)cc(Cl)c1. The molecule has 0 spiro atoms. The van der Waals surface area contributed by atoms with E-state index >= 15 is 0 Å². The van der Waals surface area contributed by atoms with E-state index in [2.05, 4.69) is 0 Å². The third kappa shape index (κ3) is 4.05. The Bertz CT molecular complexity index is 545. The quantitative estimate of drug-likeness (QED) is 0.785. The first-order valence-electron chi connectivity index (χ1n) is 6.44. The van der Waals surface area contributed by atoms with Crippen molar-refractivity contribution in [2.45, 2.75) is 26.0 Å². The molecule has 114 valence electrons. The van der Waals surface area contributed by atoms with Gasteiger partial charge in [-0.2, -0.15) is 0 Å². The molecule has 0 aliphatic carbocycles. The Morgan fingerprint density at radius 1 is 1.29 bits per heavy atom. The zero-order valence-corrected chi connectivity index (χ0v) is 14.0. The Balaban J connectivity index is 2.19. The minimum atomic E-state index is -0.567. The van der Waals surface area contributed by atoms with Crippen molar-refractivity contribution < 1.29 is 14.3 Å². The summed E-state index contributed by atoms with van der Waals surface area (Å²) >= 11 is 13.3. The van der Waals surface area contributed by atoms with E-state index in [4.69, 9.17) is 27.9 Å². The maximum atomic E-state index is 12.5. The molecule has 0 radical (unpaired) electrons. The van der Waals surface area contributed by atoms with Crippen LogP contribution in [-0.2, 0) is 9.53 Å². The average Bonchev–Trinajstić information content (AvgIpc) is 2.84. The topological polar surface area (TPSA) is 46.6 Å². The lowest BCUT2D eigenvalue weighted by atomic mass is 10.1. The number of nitrogens with zero attached hydrogens (tertiary/aromatic N) is 1. The van der Waals surface area contributed by atoms with Crippen LogP contribution in [-0.4, -0.2) is 40.6 Å². The van der Waals surface area contributed by atoms with Crippen LogP contribution in [0.1, 0.15) is 24.2 Å². The molecular weight excluding hydrogens is 333 g/mol. The number of amides is 1. The van der Waals surface area contributed by atoms with Crippen LogP contribution in [0.5, 0.6) is 0 Å². The molecule has 1 saturated heterocycles. The molecule has 1 atom stereocenters. The molecule has 21 heavy (non-hydrogen) atoms. The molecular formula is C14H15Cl2NO3S. The molecule has 2 rings (SSSR count). The third-order valence-electron chi connectivity index (χ3n) is 2.88. The fraction of sp³-hybridized carbons (Fsp3) is 0.429. The number of esters is 1. The Morgan fingerprint density at radius 2 is 1.90 bits per heavy atom. The zero-order chi connectivity index (χ0) is 15.6. The molecule has 1 aliphatic heterocycles. The lowest BCUT2D eigenvalue weighted by molar-refractivity contribution is -0.151. The molecule has 1 aromatic rings. The van der Waals surface area contributed by atoms with Crippen LogP contribution in [0.25, 0.3) is 0 Å². The smallest absolute Gasteiger partial charge is 0.330 e. The summed E-state index contributed by atoms with van der Waals surface area (Å²) in [5.74, 6) is 0.332. The van der Waals surface area contributed by atoms with Crippen LogP contribution >= 0.6 is 35.0 Å². The maximum absolute atomic E-state index is 12.5. The van der Waals surface area contributed by atoms with Gasteiger partial charge in [0.1, 0.15) is 6.04 Å². The summed E-state index contributed by atoms with van der Waals surface area (Å²) in [6.07, 6.45) is -0.208. The Kier molecular flexibility index (Phi) is 5.41. The number of hydrogen-bond acceptors (Lipinski definition) is 4. The molecule has 1 aromatic carbocycles. The van der Waals surface area contributed by atoms with Gasteiger partial charge in [-0.3, -0.25) is 4.79 Å². The largest absolute Gasteiger partial charge is 0.461 e. The first-order chi connectivity index (χ1) is 9.88. The van der Waals surface area contributed by atoms with Gasteiger partial charge in [0.05, 0.1) is 12.0 Å². The van der Waals surface area contributed by atoms with Crippen LogP contribution < -0.4 is 0 Å². The highest BCUT2D eigenvalue weighted by molar-refractivity contribution is 7.99. The molecule has 7 heteroatoms. The van der Waals surface area contributed by atoms with Gasteiger partial charge in [0.2, 0.25) is 0 Å². The molecule has 1 heterocycles. The number of ether oxygens (including phenoxy) is 1. The summed E-state index contributed by atoms with van der Waals surface area (Å²) in [6.45, 7) is 3.56. The molecule has 0 saturated carbocycles. The summed E-state index contributed by atoms with van der Waals surface area (Å²) < 4.78 is 5.20. The van der Waals surface area contributed by atoms with Crippen molar-refractivity contribution in [3.63, 3.8) is 0 Å². The van der Waals surface area contributed by atoms with E-state index in [1.54, 1.807) is 32.0 Å². The van der Waals surface area contributed by atoms with Gasteiger partial charge in [-0.15, -0.1) is 11.8 Å². The number of carbonyl (C=O) groups is 2. The number of benzene rings is 1. The van der Waals surface area contributed by atoms with E-state index in [0.29, 0.717) is 27.2 Å². The highest BCUT2D eigenvalue weighted by atomic mass is 35.5. The van der Waals surface area contributed by atoms with Gasteiger partial charge in [-0.05, 0) is 32.0 Å². The fourth-order valence-corrected chi connectivity index (χ4v) is 3.66. The van der Waals surface area contributed by atoms with Crippen molar-refractivity contribution in [2.75, 3.05) is 11.6 Å². The fourth-order valence-electron chi connectivity index (χ4n) is 1.99.